The molecular formula is C21H18ClN3O4S2. The van der Waals surface area contributed by atoms with E-state index >= 15 is 0 Å². The minimum Gasteiger partial charge on any atom is -0.337 e. The molecule has 10 heteroatoms. The van der Waals surface area contributed by atoms with E-state index in [4.69, 9.17) is 11.6 Å². The molecule has 1 N–H and O–H groups in total. The Bertz CT molecular complexity index is 1230. The van der Waals surface area contributed by atoms with E-state index in [1.165, 1.54) is 16.2 Å². The Morgan fingerprint density at radius 3 is 2.32 bits per heavy atom. The fourth-order valence-corrected chi connectivity index (χ4v) is 5.29. The van der Waals surface area contributed by atoms with Gasteiger partial charge in [-0.3, -0.25) is 14.9 Å². The fourth-order valence-electron chi connectivity index (χ4n) is 3.16. The summed E-state index contributed by atoms with van der Waals surface area (Å²) in [5.41, 5.74) is 2.25. The number of nitrogens with one attached hydrogen (secondary N) is 1. The maximum atomic E-state index is 12.6. The number of amides is 2. The van der Waals surface area contributed by atoms with Crippen molar-refractivity contribution >= 4 is 49.7 Å². The summed E-state index contributed by atoms with van der Waals surface area (Å²) in [6, 6.07) is 13.6. The number of nitrogens with zero attached hydrogens (tertiary/aromatic N) is 2. The molecule has 2 amide bonds. The lowest BCUT2D eigenvalue weighted by Crippen LogP contribution is -2.43. The van der Waals surface area contributed by atoms with E-state index in [0.717, 1.165) is 5.56 Å². The number of halogens is 1. The number of rotatable bonds is 4. The average molecular weight is 476 g/mol. The van der Waals surface area contributed by atoms with Crippen LogP contribution in [0.15, 0.2) is 53.9 Å². The lowest BCUT2D eigenvalue weighted by Gasteiger charge is -2.26. The standard InChI is InChI=1S/C21H18ClN3O4S2/c22-17-4-2-1-3-16(17)18-13-30-21(23-18)24-19(26)14-5-7-15(8-6-14)20(27)25-9-11-31(28,29)12-10-25/h1-8,13H,9-12H2,(H,23,24,26). The quantitative estimate of drug-likeness (QED) is 0.622. The zero-order valence-corrected chi connectivity index (χ0v) is 18.6. The van der Waals surface area contributed by atoms with Crippen molar-refractivity contribution in [1.29, 1.82) is 0 Å². The number of benzene rings is 2. The highest BCUT2D eigenvalue weighted by molar-refractivity contribution is 7.91. The Hall–Kier alpha value is -2.75. The zero-order chi connectivity index (χ0) is 22.0. The van der Waals surface area contributed by atoms with Crippen molar-refractivity contribution in [2.45, 2.75) is 0 Å². The van der Waals surface area contributed by atoms with Gasteiger partial charge in [-0.05, 0) is 30.3 Å². The van der Waals surface area contributed by atoms with Gasteiger partial charge in [-0.1, -0.05) is 29.8 Å². The summed E-state index contributed by atoms with van der Waals surface area (Å²) < 4.78 is 23.1. The lowest BCUT2D eigenvalue weighted by atomic mass is 10.1. The third kappa shape index (κ3) is 4.95. The van der Waals surface area contributed by atoms with E-state index in [-0.39, 0.29) is 36.4 Å². The molecule has 1 fully saturated rings. The topological polar surface area (TPSA) is 96.4 Å². The summed E-state index contributed by atoms with van der Waals surface area (Å²) >= 11 is 7.49. The number of sulfone groups is 1. The normalized spacial score (nSPS) is 15.5. The molecule has 0 atom stereocenters. The van der Waals surface area contributed by atoms with Crippen molar-refractivity contribution in [2.75, 3.05) is 29.9 Å². The molecule has 0 spiro atoms. The van der Waals surface area contributed by atoms with E-state index in [0.29, 0.717) is 27.0 Å². The molecule has 0 saturated carbocycles. The van der Waals surface area contributed by atoms with E-state index < -0.39 is 9.84 Å². The summed E-state index contributed by atoms with van der Waals surface area (Å²) in [5.74, 6) is -0.638. The van der Waals surface area contributed by atoms with Crippen LogP contribution in [0.5, 0.6) is 0 Å². The first-order valence-corrected chi connectivity index (χ1v) is 12.5. The highest BCUT2D eigenvalue weighted by Crippen LogP contribution is 2.30. The second-order valence-electron chi connectivity index (χ2n) is 6.99. The molecule has 3 aromatic rings. The molecular weight excluding hydrogens is 458 g/mol. The Labute approximate surface area is 188 Å². The third-order valence-corrected chi connectivity index (χ3v) is 7.60. The molecule has 2 aromatic carbocycles. The van der Waals surface area contributed by atoms with Crippen LogP contribution in [0.3, 0.4) is 0 Å². The number of hydrogen-bond donors (Lipinski definition) is 1. The van der Waals surface area contributed by atoms with Crippen molar-refractivity contribution in [1.82, 2.24) is 9.88 Å². The lowest BCUT2D eigenvalue weighted by molar-refractivity contribution is 0.0769. The molecule has 7 nitrogen and oxygen atoms in total. The van der Waals surface area contributed by atoms with Crippen LogP contribution >= 0.6 is 22.9 Å². The molecule has 1 saturated heterocycles. The first-order chi connectivity index (χ1) is 14.8. The second kappa shape index (κ2) is 8.78. The molecule has 4 rings (SSSR count). The summed E-state index contributed by atoms with van der Waals surface area (Å²) in [6.45, 7) is 0.364. The first kappa shape index (κ1) is 21.5. The number of thiazole rings is 1. The maximum Gasteiger partial charge on any atom is 0.257 e. The van der Waals surface area contributed by atoms with Gasteiger partial charge in [-0.25, -0.2) is 13.4 Å². The number of hydrogen-bond acceptors (Lipinski definition) is 6. The maximum absolute atomic E-state index is 12.6. The van der Waals surface area contributed by atoms with Crippen LogP contribution in [-0.2, 0) is 9.84 Å². The van der Waals surface area contributed by atoms with Crippen molar-refractivity contribution in [3.05, 3.63) is 70.1 Å². The Kier molecular flexibility index (Phi) is 6.08. The van der Waals surface area contributed by atoms with Crippen LogP contribution in [0.1, 0.15) is 20.7 Å². The van der Waals surface area contributed by atoms with E-state index in [1.807, 2.05) is 23.6 Å². The van der Waals surface area contributed by atoms with Crippen molar-refractivity contribution in [2.24, 2.45) is 0 Å². The summed E-state index contributed by atoms with van der Waals surface area (Å²) in [4.78, 5) is 31.0. The van der Waals surface area contributed by atoms with Crippen molar-refractivity contribution in [3.8, 4) is 11.3 Å². The van der Waals surface area contributed by atoms with Gasteiger partial charge in [0.05, 0.1) is 17.2 Å². The van der Waals surface area contributed by atoms with Gasteiger partial charge in [0.2, 0.25) is 0 Å². The molecule has 1 aliphatic rings. The van der Waals surface area contributed by atoms with Gasteiger partial charge in [0.25, 0.3) is 11.8 Å². The monoisotopic (exact) mass is 475 g/mol. The van der Waals surface area contributed by atoms with Crippen molar-refractivity contribution in [3.63, 3.8) is 0 Å². The predicted octanol–water partition coefficient (Wildman–Crippen LogP) is 3.59. The van der Waals surface area contributed by atoms with Crippen LogP contribution in [0.2, 0.25) is 5.02 Å². The van der Waals surface area contributed by atoms with Gasteiger partial charge in [-0.15, -0.1) is 11.3 Å². The van der Waals surface area contributed by atoms with Crippen LogP contribution < -0.4 is 5.32 Å². The van der Waals surface area contributed by atoms with Gasteiger partial charge in [0, 0.05) is 40.2 Å². The smallest absolute Gasteiger partial charge is 0.257 e. The Balaban J connectivity index is 1.41. The van der Waals surface area contributed by atoms with Crippen LogP contribution in [0.25, 0.3) is 11.3 Å². The van der Waals surface area contributed by atoms with Gasteiger partial charge < -0.3 is 4.90 Å². The molecule has 1 aliphatic heterocycles. The number of carbonyl (C=O) groups is 2. The van der Waals surface area contributed by atoms with Gasteiger partial charge >= 0.3 is 0 Å². The first-order valence-electron chi connectivity index (χ1n) is 9.44. The minimum atomic E-state index is -3.06. The Morgan fingerprint density at radius 1 is 1.00 bits per heavy atom. The summed E-state index contributed by atoms with van der Waals surface area (Å²) in [6.07, 6.45) is 0. The minimum absolute atomic E-state index is 0.0246. The van der Waals surface area contributed by atoms with Gasteiger partial charge in [0.1, 0.15) is 0 Å². The molecule has 2 heterocycles. The zero-order valence-electron chi connectivity index (χ0n) is 16.2. The number of anilines is 1. The van der Waals surface area contributed by atoms with Gasteiger partial charge in [0.15, 0.2) is 15.0 Å². The number of aromatic nitrogens is 1. The largest absolute Gasteiger partial charge is 0.337 e. The van der Waals surface area contributed by atoms with Crippen LogP contribution in [0, 0.1) is 0 Å². The molecule has 1 aromatic heterocycles. The Morgan fingerprint density at radius 2 is 1.65 bits per heavy atom. The van der Waals surface area contributed by atoms with E-state index in [1.54, 1.807) is 30.3 Å². The predicted molar refractivity (Wildman–Crippen MR) is 122 cm³/mol. The molecule has 0 bridgehead atoms. The highest BCUT2D eigenvalue weighted by atomic mass is 35.5. The SMILES string of the molecule is O=C(Nc1nc(-c2ccccc2Cl)cs1)c1ccc(C(=O)N2CCS(=O)(=O)CC2)cc1. The van der Waals surface area contributed by atoms with Crippen LogP contribution in [0.4, 0.5) is 5.13 Å². The molecule has 0 radical (unpaired) electrons. The van der Waals surface area contributed by atoms with E-state index in [9.17, 15) is 18.0 Å². The summed E-state index contributed by atoms with van der Waals surface area (Å²) in [7, 11) is -3.06. The summed E-state index contributed by atoms with van der Waals surface area (Å²) in [5, 5.41) is 5.59. The number of carbonyl (C=O) groups excluding carboxylic acids is 2. The van der Waals surface area contributed by atoms with Crippen molar-refractivity contribution < 1.29 is 18.0 Å². The second-order valence-corrected chi connectivity index (χ2v) is 10.6. The van der Waals surface area contributed by atoms with Gasteiger partial charge in [-0.2, -0.15) is 0 Å². The molecule has 31 heavy (non-hydrogen) atoms. The molecule has 160 valence electrons. The fraction of sp³-hybridized carbons (Fsp3) is 0.190. The van der Waals surface area contributed by atoms with Crippen LogP contribution in [-0.4, -0.2) is 54.7 Å². The molecule has 0 unspecified atom stereocenters. The molecule has 0 aliphatic carbocycles. The van der Waals surface area contributed by atoms with E-state index in [2.05, 4.69) is 10.3 Å². The third-order valence-electron chi connectivity index (χ3n) is 4.90. The highest BCUT2D eigenvalue weighted by Gasteiger charge is 2.25. The average Bonchev–Trinajstić information content (AvgIpc) is 3.22.